The molecule has 2 atom stereocenters. The van der Waals surface area contributed by atoms with Crippen LogP contribution in [0, 0.1) is 0 Å². The number of hydrogen-bond acceptors (Lipinski definition) is 4. The van der Waals surface area contributed by atoms with Crippen molar-refractivity contribution in [1.29, 1.82) is 0 Å². The molecule has 0 aliphatic carbocycles. The third-order valence-corrected chi connectivity index (χ3v) is 2.42. The summed E-state index contributed by atoms with van der Waals surface area (Å²) in [4.78, 5) is 1.85. The van der Waals surface area contributed by atoms with E-state index < -0.39 is 0 Å². The number of ether oxygens (including phenoxy) is 1. The Morgan fingerprint density at radius 3 is 2.65 bits per heavy atom. The van der Waals surface area contributed by atoms with E-state index in [4.69, 9.17) is 9.84 Å². The second-order valence-electron chi connectivity index (χ2n) is 3.63. The van der Waals surface area contributed by atoms with Crippen LogP contribution in [0.15, 0.2) is 37.3 Å². The van der Waals surface area contributed by atoms with Crippen molar-refractivity contribution < 1.29 is 9.84 Å². The third-order valence-electron chi connectivity index (χ3n) is 2.42. The molecule has 0 aliphatic heterocycles. The average Bonchev–Trinajstić information content (AvgIpc) is 2.35. The summed E-state index contributed by atoms with van der Waals surface area (Å²) in [5.74, 6) is 0.725. The Hall–Kier alpha value is -1.26. The number of aliphatic hydroxyl groups excluding tert-OH is 1. The van der Waals surface area contributed by atoms with Gasteiger partial charge in [-0.05, 0) is 19.4 Å². The summed E-state index contributed by atoms with van der Waals surface area (Å²) in [5.41, 5.74) is 0. The first-order valence-electron chi connectivity index (χ1n) is 5.81. The molecule has 0 aromatic rings. The summed E-state index contributed by atoms with van der Waals surface area (Å²) < 4.78 is 5.72. The molecule has 0 saturated heterocycles. The van der Waals surface area contributed by atoms with Crippen LogP contribution >= 0.6 is 0 Å². The van der Waals surface area contributed by atoms with Crippen molar-refractivity contribution in [1.82, 2.24) is 10.2 Å². The van der Waals surface area contributed by atoms with E-state index in [9.17, 15) is 0 Å². The highest BCUT2D eigenvalue weighted by Gasteiger charge is 2.16. The predicted octanol–water partition coefficient (Wildman–Crippen LogP) is 1.81. The Kier molecular flexibility index (Phi) is 8.19. The summed E-state index contributed by atoms with van der Waals surface area (Å²) in [7, 11) is 1.80. The van der Waals surface area contributed by atoms with Crippen molar-refractivity contribution in [2.45, 2.75) is 32.6 Å². The van der Waals surface area contributed by atoms with Crippen LogP contribution < -0.4 is 5.32 Å². The Bertz CT molecular complexity index is 260. The molecule has 2 N–H and O–H groups in total. The quantitative estimate of drug-likeness (QED) is 0.476. The molecule has 0 spiro atoms. The fraction of sp³-hybridized carbons (Fsp3) is 0.538. The number of allylic oxidation sites excluding steroid dienone is 2. The molecule has 0 saturated carbocycles. The zero-order valence-corrected chi connectivity index (χ0v) is 11.0. The van der Waals surface area contributed by atoms with Gasteiger partial charge in [0, 0.05) is 13.2 Å². The Balaban J connectivity index is 4.61. The molecule has 0 radical (unpaired) electrons. The van der Waals surface area contributed by atoms with Crippen LogP contribution in [-0.4, -0.2) is 36.0 Å². The lowest BCUT2D eigenvalue weighted by Gasteiger charge is -2.31. The molecular formula is C13H24N2O2. The van der Waals surface area contributed by atoms with Gasteiger partial charge in [0.15, 0.2) is 0 Å². The highest BCUT2D eigenvalue weighted by atomic mass is 16.5. The number of hydrogen-bond donors (Lipinski definition) is 2. The van der Waals surface area contributed by atoms with Gasteiger partial charge in [-0.25, -0.2) is 0 Å². The van der Waals surface area contributed by atoms with E-state index >= 15 is 0 Å². The third kappa shape index (κ3) is 5.56. The fourth-order valence-corrected chi connectivity index (χ4v) is 1.33. The minimum atomic E-state index is -0.205. The smallest absolute Gasteiger partial charge is 0.132 e. The van der Waals surface area contributed by atoms with Crippen molar-refractivity contribution in [2.75, 3.05) is 13.7 Å². The molecule has 4 heteroatoms. The lowest BCUT2D eigenvalue weighted by Crippen LogP contribution is -2.37. The van der Waals surface area contributed by atoms with Gasteiger partial charge in [-0.2, -0.15) is 0 Å². The number of aliphatic hydroxyl groups is 1. The molecule has 0 rings (SSSR count). The van der Waals surface area contributed by atoms with Crippen LogP contribution in [0.3, 0.4) is 0 Å². The predicted molar refractivity (Wildman–Crippen MR) is 71.1 cm³/mol. The van der Waals surface area contributed by atoms with Crippen LogP contribution in [-0.2, 0) is 4.74 Å². The Labute approximate surface area is 104 Å². The number of rotatable bonds is 9. The van der Waals surface area contributed by atoms with Crippen molar-refractivity contribution in [3.8, 4) is 0 Å². The van der Waals surface area contributed by atoms with Gasteiger partial charge in [-0.15, -0.1) is 0 Å². The molecule has 98 valence electrons. The maximum atomic E-state index is 9.11. The largest absolute Gasteiger partial charge is 0.394 e. The number of nitrogens with zero attached hydrogens (tertiary/aromatic N) is 1. The second kappa shape index (κ2) is 8.84. The van der Waals surface area contributed by atoms with Gasteiger partial charge in [-0.1, -0.05) is 26.2 Å². The van der Waals surface area contributed by atoms with Crippen LogP contribution in [0.4, 0.5) is 0 Å². The van der Waals surface area contributed by atoms with E-state index in [0.717, 1.165) is 12.2 Å². The summed E-state index contributed by atoms with van der Waals surface area (Å²) in [6, 6.07) is 0. The van der Waals surface area contributed by atoms with Gasteiger partial charge in [0.1, 0.15) is 6.23 Å². The molecule has 0 heterocycles. The molecule has 2 unspecified atom stereocenters. The lowest BCUT2D eigenvalue weighted by atomic mass is 10.3. The van der Waals surface area contributed by atoms with Gasteiger partial charge in [0.25, 0.3) is 0 Å². The maximum Gasteiger partial charge on any atom is 0.132 e. The Morgan fingerprint density at radius 2 is 2.24 bits per heavy atom. The van der Waals surface area contributed by atoms with Gasteiger partial charge < -0.3 is 20.1 Å². The molecule has 4 nitrogen and oxygen atoms in total. The van der Waals surface area contributed by atoms with Crippen LogP contribution in [0.2, 0.25) is 0 Å². The van der Waals surface area contributed by atoms with E-state index in [1.807, 2.05) is 31.0 Å². The van der Waals surface area contributed by atoms with E-state index in [0.29, 0.717) is 0 Å². The van der Waals surface area contributed by atoms with Gasteiger partial charge >= 0.3 is 0 Å². The Morgan fingerprint density at radius 1 is 1.59 bits per heavy atom. The lowest BCUT2D eigenvalue weighted by molar-refractivity contribution is -0.0812. The van der Waals surface area contributed by atoms with E-state index in [-0.39, 0.29) is 18.9 Å². The second-order valence-corrected chi connectivity index (χ2v) is 3.63. The van der Waals surface area contributed by atoms with E-state index in [1.54, 1.807) is 13.1 Å². The monoisotopic (exact) mass is 240 g/mol. The van der Waals surface area contributed by atoms with E-state index in [1.165, 1.54) is 0 Å². The summed E-state index contributed by atoms with van der Waals surface area (Å²) in [6.07, 6.45) is 5.73. The zero-order valence-electron chi connectivity index (χ0n) is 11.0. The summed E-state index contributed by atoms with van der Waals surface area (Å²) in [5, 5.41) is 12.1. The topological polar surface area (TPSA) is 44.7 Å². The van der Waals surface area contributed by atoms with Crippen molar-refractivity contribution in [3.63, 3.8) is 0 Å². The van der Waals surface area contributed by atoms with Crippen molar-refractivity contribution in [2.24, 2.45) is 0 Å². The number of nitrogens with one attached hydrogen (secondary N) is 1. The van der Waals surface area contributed by atoms with Crippen LogP contribution in [0.25, 0.3) is 0 Å². The normalized spacial score (nSPS) is 14.4. The highest BCUT2D eigenvalue weighted by molar-refractivity contribution is 5.04. The van der Waals surface area contributed by atoms with Crippen LogP contribution in [0.5, 0.6) is 0 Å². The average molecular weight is 240 g/mol. The van der Waals surface area contributed by atoms with Gasteiger partial charge in [0.2, 0.25) is 0 Å². The zero-order chi connectivity index (χ0) is 13.3. The molecule has 0 bridgehead atoms. The first-order chi connectivity index (χ1) is 8.10. The minimum Gasteiger partial charge on any atom is -0.394 e. The van der Waals surface area contributed by atoms with Crippen molar-refractivity contribution >= 4 is 0 Å². The van der Waals surface area contributed by atoms with Gasteiger partial charge in [-0.3, -0.25) is 0 Å². The molecule has 17 heavy (non-hydrogen) atoms. The highest BCUT2D eigenvalue weighted by Crippen LogP contribution is 2.11. The first-order valence-corrected chi connectivity index (χ1v) is 5.81. The first kappa shape index (κ1) is 15.7. The summed E-state index contributed by atoms with van der Waals surface area (Å²) in [6.45, 7) is 11.4. The maximum absolute atomic E-state index is 9.11. The van der Waals surface area contributed by atoms with E-state index in [2.05, 4.69) is 18.5 Å². The molecule has 0 aromatic heterocycles. The molecule has 0 aliphatic rings. The standard InChI is InChI=1S/C13H24N2O2/c1-6-8-9-15(11(3)14-5)12(4)17-13(7-2)10-16/h6,8-9,12-14,16H,1,3,7,10H2,2,4-5H3/b9-8-. The summed E-state index contributed by atoms with van der Waals surface area (Å²) >= 11 is 0. The minimum absolute atomic E-state index is 0.0197. The molecule has 0 amide bonds. The molecular weight excluding hydrogens is 216 g/mol. The fourth-order valence-electron chi connectivity index (χ4n) is 1.33. The van der Waals surface area contributed by atoms with Crippen molar-refractivity contribution in [3.05, 3.63) is 37.3 Å². The molecule has 0 fully saturated rings. The van der Waals surface area contributed by atoms with Gasteiger partial charge in [0.05, 0.1) is 18.5 Å². The molecule has 0 aromatic carbocycles. The SMILES string of the molecule is C=C/C=C\N(C(=C)NC)C(C)OC(CC)CO. The van der Waals surface area contributed by atoms with Crippen LogP contribution in [0.1, 0.15) is 20.3 Å².